The van der Waals surface area contributed by atoms with Gasteiger partial charge in [0.1, 0.15) is 4.32 Å². The molecule has 82 valence electrons. The molecule has 0 saturated carbocycles. The van der Waals surface area contributed by atoms with Crippen LogP contribution in [-0.2, 0) is 0 Å². The molecule has 0 saturated heterocycles. The van der Waals surface area contributed by atoms with Crippen LogP contribution in [0.3, 0.4) is 0 Å². The number of nitrogens with one attached hydrogen (secondary N) is 1. The molecule has 0 aromatic heterocycles. The van der Waals surface area contributed by atoms with Crippen molar-refractivity contribution < 1.29 is 9.13 Å². The smallest absolute Gasteiger partial charge is 0.167 e. The highest BCUT2D eigenvalue weighted by Gasteiger charge is 2.04. The van der Waals surface area contributed by atoms with Crippen LogP contribution < -0.4 is 10.1 Å². The van der Waals surface area contributed by atoms with E-state index >= 15 is 0 Å². The standard InChI is InChI=1S/C10H12FNOS2/c1-3-13-9-5-4-7(6-8(9)11)12-10(14)15-2/h4-6H,3H2,1-2H3,(H,12,14). The van der Waals surface area contributed by atoms with Crippen molar-refractivity contribution in [2.45, 2.75) is 6.92 Å². The van der Waals surface area contributed by atoms with Gasteiger partial charge >= 0.3 is 0 Å². The highest BCUT2D eigenvalue weighted by Crippen LogP contribution is 2.21. The Morgan fingerprint density at radius 3 is 2.87 bits per heavy atom. The minimum atomic E-state index is -0.384. The third-order valence-corrected chi connectivity index (χ3v) is 2.74. The van der Waals surface area contributed by atoms with E-state index in [-0.39, 0.29) is 11.6 Å². The lowest BCUT2D eigenvalue weighted by Gasteiger charge is -2.08. The topological polar surface area (TPSA) is 21.3 Å². The molecule has 0 bridgehead atoms. The molecule has 0 aliphatic rings. The maximum absolute atomic E-state index is 13.4. The fourth-order valence-electron chi connectivity index (χ4n) is 1.02. The highest BCUT2D eigenvalue weighted by atomic mass is 32.2. The van der Waals surface area contributed by atoms with E-state index in [0.29, 0.717) is 16.6 Å². The molecule has 2 nitrogen and oxygen atoms in total. The highest BCUT2D eigenvalue weighted by molar-refractivity contribution is 8.22. The molecular formula is C10H12FNOS2. The van der Waals surface area contributed by atoms with Gasteiger partial charge in [0.2, 0.25) is 0 Å². The molecule has 15 heavy (non-hydrogen) atoms. The zero-order valence-corrected chi connectivity index (χ0v) is 10.2. The second kappa shape index (κ2) is 5.92. The van der Waals surface area contributed by atoms with Crippen LogP contribution in [0.15, 0.2) is 18.2 Å². The van der Waals surface area contributed by atoms with Crippen molar-refractivity contribution in [3.05, 3.63) is 24.0 Å². The predicted molar refractivity (Wildman–Crippen MR) is 67.3 cm³/mol. The van der Waals surface area contributed by atoms with E-state index in [4.69, 9.17) is 17.0 Å². The number of hydrogen-bond acceptors (Lipinski definition) is 3. The van der Waals surface area contributed by atoms with Crippen molar-refractivity contribution in [2.24, 2.45) is 0 Å². The van der Waals surface area contributed by atoms with Gasteiger partial charge in [-0.15, -0.1) is 11.8 Å². The summed E-state index contributed by atoms with van der Waals surface area (Å²) in [6.07, 6.45) is 1.86. The summed E-state index contributed by atoms with van der Waals surface area (Å²) in [5, 5.41) is 2.90. The van der Waals surface area contributed by atoms with E-state index < -0.39 is 0 Å². The number of thiocarbonyl (C=S) groups is 1. The molecule has 0 aliphatic carbocycles. The molecule has 0 fully saturated rings. The first-order valence-corrected chi connectivity index (χ1v) is 6.08. The Kier molecular flexibility index (Phi) is 4.84. The molecule has 0 aliphatic heterocycles. The van der Waals surface area contributed by atoms with Crippen molar-refractivity contribution >= 4 is 34.0 Å². The second-order valence-electron chi connectivity index (χ2n) is 2.69. The molecule has 1 N–H and O–H groups in total. The number of anilines is 1. The van der Waals surface area contributed by atoms with Gasteiger partial charge in [0.05, 0.1) is 6.61 Å². The van der Waals surface area contributed by atoms with Gasteiger partial charge in [-0.05, 0) is 25.3 Å². The van der Waals surface area contributed by atoms with E-state index in [1.54, 1.807) is 12.1 Å². The van der Waals surface area contributed by atoms with E-state index in [9.17, 15) is 4.39 Å². The SMILES string of the molecule is CCOc1ccc(NC(=S)SC)cc1F. The van der Waals surface area contributed by atoms with E-state index in [2.05, 4.69) is 5.32 Å². The van der Waals surface area contributed by atoms with Crippen molar-refractivity contribution in [3.63, 3.8) is 0 Å². The van der Waals surface area contributed by atoms with Crippen LogP contribution in [-0.4, -0.2) is 17.2 Å². The lowest BCUT2D eigenvalue weighted by molar-refractivity contribution is 0.321. The molecule has 0 atom stereocenters. The molecule has 0 heterocycles. The van der Waals surface area contributed by atoms with Crippen LogP contribution in [0.25, 0.3) is 0 Å². The van der Waals surface area contributed by atoms with Crippen molar-refractivity contribution in [2.75, 3.05) is 18.2 Å². The van der Waals surface area contributed by atoms with E-state index in [1.807, 2.05) is 13.2 Å². The normalized spacial score (nSPS) is 9.80. The van der Waals surface area contributed by atoms with Crippen LogP contribution in [0.1, 0.15) is 6.92 Å². The van der Waals surface area contributed by atoms with Crippen LogP contribution in [0.2, 0.25) is 0 Å². The maximum atomic E-state index is 13.4. The number of ether oxygens (including phenoxy) is 1. The monoisotopic (exact) mass is 245 g/mol. The van der Waals surface area contributed by atoms with Crippen LogP contribution in [0, 0.1) is 5.82 Å². The van der Waals surface area contributed by atoms with E-state index in [1.165, 1.54) is 17.8 Å². The number of benzene rings is 1. The Balaban J connectivity index is 2.77. The lowest BCUT2D eigenvalue weighted by atomic mass is 10.3. The van der Waals surface area contributed by atoms with Crippen molar-refractivity contribution in [1.82, 2.24) is 0 Å². The third-order valence-electron chi connectivity index (χ3n) is 1.66. The average Bonchev–Trinajstić information content (AvgIpc) is 2.22. The number of rotatable bonds is 3. The average molecular weight is 245 g/mol. The summed E-state index contributed by atoms with van der Waals surface area (Å²) in [7, 11) is 0. The third kappa shape index (κ3) is 3.68. The van der Waals surface area contributed by atoms with Gasteiger partial charge in [-0.3, -0.25) is 0 Å². The molecule has 1 aromatic rings. The summed E-state index contributed by atoms with van der Waals surface area (Å²) >= 11 is 6.37. The Morgan fingerprint density at radius 2 is 2.33 bits per heavy atom. The fourth-order valence-corrected chi connectivity index (χ4v) is 1.36. The summed E-state index contributed by atoms with van der Waals surface area (Å²) in [6, 6.07) is 4.69. The Hall–Kier alpha value is -0.810. The van der Waals surface area contributed by atoms with Crippen molar-refractivity contribution in [1.29, 1.82) is 0 Å². The van der Waals surface area contributed by atoms with Gasteiger partial charge in [0.25, 0.3) is 0 Å². The van der Waals surface area contributed by atoms with Crippen LogP contribution in [0.4, 0.5) is 10.1 Å². The largest absolute Gasteiger partial charge is 0.491 e. The summed E-state index contributed by atoms with van der Waals surface area (Å²) in [4.78, 5) is 0. The first-order valence-electron chi connectivity index (χ1n) is 4.44. The minimum Gasteiger partial charge on any atom is -0.491 e. The quantitative estimate of drug-likeness (QED) is 0.825. The molecule has 0 radical (unpaired) electrons. The maximum Gasteiger partial charge on any atom is 0.167 e. The lowest BCUT2D eigenvalue weighted by Crippen LogP contribution is -2.04. The molecule has 5 heteroatoms. The van der Waals surface area contributed by atoms with Crippen LogP contribution >= 0.6 is 24.0 Å². The summed E-state index contributed by atoms with van der Waals surface area (Å²) < 4.78 is 19.1. The number of hydrogen-bond donors (Lipinski definition) is 1. The molecule has 0 unspecified atom stereocenters. The number of thioether (sulfide) groups is 1. The summed E-state index contributed by atoms with van der Waals surface area (Å²) in [5.41, 5.74) is 0.635. The Morgan fingerprint density at radius 1 is 1.60 bits per heavy atom. The van der Waals surface area contributed by atoms with Gasteiger partial charge in [-0.25, -0.2) is 4.39 Å². The van der Waals surface area contributed by atoms with Gasteiger partial charge in [-0.1, -0.05) is 12.2 Å². The predicted octanol–water partition coefficient (Wildman–Crippen LogP) is 3.28. The first kappa shape index (κ1) is 12.3. The van der Waals surface area contributed by atoms with Gasteiger partial charge in [0, 0.05) is 11.8 Å². The van der Waals surface area contributed by atoms with Crippen LogP contribution in [0.5, 0.6) is 5.75 Å². The Bertz CT molecular complexity index is 357. The van der Waals surface area contributed by atoms with Gasteiger partial charge in [0.15, 0.2) is 11.6 Å². The summed E-state index contributed by atoms with van der Waals surface area (Å²) in [5.74, 6) is -0.121. The molecule has 0 amide bonds. The Labute approximate surface area is 98.2 Å². The molecule has 1 rings (SSSR count). The van der Waals surface area contributed by atoms with Gasteiger partial charge < -0.3 is 10.1 Å². The summed E-state index contributed by atoms with van der Waals surface area (Å²) in [6.45, 7) is 2.27. The zero-order valence-electron chi connectivity index (χ0n) is 8.54. The van der Waals surface area contributed by atoms with Gasteiger partial charge in [-0.2, -0.15) is 0 Å². The van der Waals surface area contributed by atoms with Crippen molar-refractivity contribution in [3.8, 4) is 5.75 Å². The second-order valence-corrected chi connectivity index (χ2v) is 4.18. The number of halogens is 1. The molecule has 1 aromatic carbocycles. The first-order chi connectivity index (χ1) is 7.17. The minimum absolute atomic E-state index is 0.262. The molecular weight excluding hydrogens is 233 g/mol. The molecule has 0 spiro atoms. The van der Waals surface area contributed by atoms with E-state index in [0.717, 1.165) is 0 Å². The zero-order chi connectivity index (χ0) is 11.3. The fraction of sp³-hybridized carbons (Fsp3) is 0.300.